The summed E-state index contributed by atoms with van der Waals surface area (Å²) < 4.78 is 37.9. The number of benzene rings is 1. The highest BCUT2D eigenvalue weighted by Crippen LogP contribution is 2.40. The van der Waals surface area contributed by atoms with Gasteiger partial charge >= 0.3 is 6.18 Å². The number of hydrogen-bond donors (Lipinski definition) is 0. The summed E-state index contributed by atoms with van der Waals surface area (Å²) in [5, 5.41) is 0. The summed E-state index contributed by atoms with van der Waals surface area (Å²) in [4.78, 5) is 17.1. The van der Waals surface area contributed by atoms with Gasteiger partial charge in [0.1, 0.15) is 0 Å². The molecule has 0 aliphatic heterocycles. The van der Waals surface area contributed by atoms with Crippen molar-refractivity contribution in [1.29, 1.82) is 0 Å². The minimum absolute atomic E-state index is 0.0750. The van der Waals surface area contributed by atoms with Gasteiger partial charge in [0.05, 0.1) is 23.8 Å². The van der Waals surface area contributed by atoms with Crippen molar-refractivity contribution in [2.75, 3.05) is 0 Å². The summed E-state index contributed by atoms with van der Waals surface area (Å²) >= 11 is 0. The molecule has 1 aliphatic rings. The number of hydrogen-bond acceptors (Lipinski definition) is 2. The van der Waals surface area contributed by atoms with Gasteiger partial charge in [-0.2, -0.15) is 13.2 Å². The van der Waals surface area contributed by atoms with E-state index in [1.54, 1.807) is 4.90 Å². The standard InChI is InChI=1S/C19H19F3N2O/c1-13-6-9-18(17-5-3-2-4-16(13)17)24(12-25)11-15-8-7-14(10-23-15)19(20,21)22/h2-5,7-8,10,12-13,18H,6,9,11H2,1H3. The molecule has 1 aromatic heterocycles. The number of amides is 1. The summed E-state index contributed by atoms with van der Waals surface area (Å²) in [6.45, 7) is 2.35. The van der Waals surface area contributed by atoms with E-state index in [-0.39, 0.29) is 12.6 Å². The van der Waals surface area contributed by atoms with Crippen molar-refractivity contribution in [3.63, 3.8) is 0 Å². The second-order valence-corrected chi connectivity index (χ2v) is 6.44. The number of aromatic nitrogens is 1. The Labute approximate surface area is 144 Å². The van der Waals surface area contributed by atoms with E-state index < -0.39 is 11.7 Å². The number of carbonyl (C=O) groups excluding carboxylic acids is 1. The van der Waals surface area contributed by atoms with Gasteiger partial charge < -0.3 is 4.90 Å². The average molecular weight is 348 g/mol. The van der Waals surface area contributed by atoms with E-state index in [0.29, 0.717) is 11.6 Å². The van der Waals surface area contributed by atoms with Gasteiger partial charge in [0.15, 0.2) is 0 Å². The maximum atomic E-state index is 12.6. The number of alkyl halides is 3. The first kappa shape index (κ1) is 17.5. The fourth-order valence-corrected chi connectivity index (χ4v) is 3.42. The molecule has 1 aromatic carbocycles. The van der Waals surface area contributed by atoms with Crippen molar-refractivity contribution in [1.82, 2.24) is 9.88 Å². The maximum Gasteiger partial charge on any atom is 0.417 e. The number of fused-ring (bicyclic) bond motifs is 1. The Bertz CT molecular complexity index is 743. The van der Waals surface area contributed by atoms with Crippen molar-refractivity contribution in [2.45, 2.75) is 44.4 Å². The van der Waals surface area contributed by atoms with Crippen LogP contribution in [0.25, 0.3) is 0 Å². The molecule has 0 bridgehead atoms. The lowest BCUT2D eigenvalue weighted by Crippen LogP contribution is -2.30. The van der Waals surface area contributed by atoms with Gasteiger partial charge in [-0.15, -0.1) is 0 Å². The monoisotopic (exact) mass is 348 g/mol. The van der Waals surface area contributed by atoms with E-state index in [9.17, 15) is 18.0 Å². The van der Waals surface area contributed by atoms with Crippen molar-refractivity contribution in [3.8, 4) is 0 Å². The number of halogens is 3. The molecule has 3 nitrogen and oxygen atoms in total. The quantitative estimate of drug-likeness (QED) is 0.751. The summed E-state index contributed by atoms with van der Waals surface area (Å²) in [5.74, 6) is 0.435. The molecule has 2 unspecified atom stereocenters. The van der Waals surface area contributed by atoms with Crippen LogP contribution in [0.2, 0.25) is 0 Å². The van der Waals surface area contributed by atoms with Crippen molar-refractivity contribution < 1.29 is 18.0 Å². The van der Waals surface area contributed by atoms with Gasteiger partial charge in [0.2, 0.25) is 6.41 Å². The largest absolute Gasteiger partial charge is 0.417 e. The van der Waals surface area contributed by atoms with Crippen LogP contribution in [0.5, 0.6) is 0 Å². The molecule has 0 radical (unpaired) electrons. The summed E-state index contributed by atoms with van der Waals surface area (Å²) in [5.41, 5.74) is 1.99. The van der Waals surface area contributed by atoms with Gasteiger partial charge in [-0.3, -0.25) is 9.78 Å². The lowest BCUT2D eigenvalue weighted by atomic mass is 9.80. The molecule has 1 aliphatic carbocycles. The van der Waals surface area contributed by atoms with Crippen LogP contribution in [0, 0.1) is 0 Å². The average Bonchev–Trinajstić information content (AvgIpc) is 2.60. The molecule has 0 N–H and O–H groups in total. The van der Waals surface area contributed by atoms with Gasteiger partial charge in [-0.05, 0) is 42.0 Å². The molecule has 0 fully saturated rings. The second-order valence-electron chi connectivity index (χ2n) is 6.44. The van der Waals surface area contributed by atoms with E-state index >= 15 is 0 Å². The van der Waals surface area contributed by atoms with Crippen LogP contribution < -0.4 is 0 Å². The molecule has 2 atom stereocenters. The van der Waals surface area contributed by atoms with E-state index in [4.69, 9.17) is 0 Å². The SMILES string of the molecule is CC1CCC(N(C=O)Cc2ccc(C(F)(F)F)cn2)c2ccccc21. The zero-order valence-corrected chi connectivity index (χ0v) is 13.8. The van der Waals surface area contributed by atoms with Gasteiger partial charge in [0.25, 0.3) is 0 Å². The highest BCUT2D eigenvalue weighted by atomic mass is 19.4. The topological polar surface area (TPSA) is 33.2 Å². The molecule has 0 saturated carbocycles. The first-order valence-corrected chi connectivity index (χ1v) is 8.22. The lowest BCUT2D eigenvalue weighted by molar-refractivity contribution is -0.137. The molecule has 6 heteroatoms. The molecule has 132 valence electrons. The van der Waals surface area contributed by atoms with Crippen LogP contribution in [-0.4, -0.2) is 16.3 Å². The molecule has 1 amide bonds. The first-order chi connectivity index (χ1) is 11.9. The number of carbonyl (C=O) groups is 1. The second kappa shape index (κ2) is 6.86. The zero-order valence-electron chi connectivity index (χ0n) is 13.8. The molecule has 25 heavy (non-hydrogen) atoms. The maximum absolute atomic E-state index is 12.6. The summed E-state index contributed by atoms with van der Waals surface area (Å²) in [6.07, 6.45) is -1.04. The number of nitrogens with zero attached hydrogens (tertiary/aromatic N) is 2. The Hall–Kier alpha value is -2.37. The van der Waals surface area contributed by atoms with Crippen LogP contribution in [0.3, 0.4) is 0 Å². The van der Waals surface area contributed by atoms with Gasteiger partial charge in [-0.1, -0.05) is 31.2 Å². The highest BCUT2D eigenvalue weighted by molar-refractivity contribution is 5.50. The first-order valence-electron chi connectivity index (χ1n) is 8.22. The van der Waals surface area contributed by atoms with Crippen LogP contribution in [0.1, 0.15) is 54.1 Å². The van der Waals surface area contributed by atoms with E-state index in [1.165, 1.54) is 11.6 Å². The van der Waals surface area contributed by atoms with Crippen LogP contribution in [-0.2, 0) is 17.5 Å². The Morgan fingerprint density at radius 3 is 2.48 bits per heavy atom. The molecular weight excluding hydrogens is 329 g/mol. The highest BCUT2D eigenvalue weighted by Gasteiger charge is 2.31. The minimum atomic E-state index is -4.41. The van der Waals surface area contributed by atoms with Crippen molar-refractivity contribution in [3.05, 3.63) is 65.0 Å². The fourth-order valence-electron chi connectivity index (χ4n) is 3.42. The predicted octanol–water partition coefficient (Wildman–Crippen LogP) is 4.70. The Morgan fingerprint density at radius 2 is 1.88 bits per heavy atom. The van der Waals surface area contributed by atoms with Gasteiger partial charge in [0, 0.05) is 6.20 Å². The van der Waals surface area contributed by atoms with E-state index in [2.05, 4.69) is 18.0 Å². The summed E-state index contributed by atoms with van der Waals surface area (Å²) in [7, 11) is 0. The van der Waals surface area contributed by atoms with Crippen molar-refractivity contribution >= 4 is 6.41 Å². The normalized spacial score (nSPS) is 20.0. The predicted molar refractivity (Wildman–Crippen MR) is 87.7 cm³/mol. The van der Waals surface area contributed by atoms with Gasteiger partial charge in [-0.25, -0.2) is 0 Å². The number of pyridine rings is 1. The minimum Gasteiger partial charge on any atom is -0.332 e. The molecule has 3 rings (SSSR count). The molecule has 2 aromatic rings. The fraction of sp³-hybridized carbons (Fsp3) is 0.368. The zero-order chi connectivity index (χ0) is 18.0. The molecule has 1 heterocycles. The van der Waals surface area contributed by atoms with E-state index in [0.717, 1.165) is 37.1 Å². The van der Waals surface area contributed by atoms with Crippen molar-refractivity contribution in [2.24, 2.45) is 0 Å². The molecule has 0 saturated heterocycles. The Balaban J connectivity index is 1.82. The van der Waals surface area contributed by atoms with Crippen LogP contribution in [0.4, 0.5) is 13.2 Å². The van der Waals surface area contributed by atoms with E-state index in [1.807, 2.05) is 18.2 Å². The molecular formula is C19H19F3N2O. The number of rotatable bonds is 4. The third-order valence-electron chi connectivity index (χ3n) is 4.79. The third-order valence-corrected chi connectivity index (χ3v) is 4.79. The Morgan fingerprint density at radius 1 is 1.16 bits per heavy atom. The summed E-state index contributed by atoms with van der Waals surface area (Å²) in [6, 6.07) is 10.3. The Kier molecular flexibility index (Phi) is 4.79. The molecule has 0 spiro atoms. The lowest BCUT2D eigenvalue weighted by Gasteiger charge is -2.35. The smallest absolute Gasteiger partial charge is 0.332 e. The van der Waals surface area contributed by atoms with Crippen LogP contribution in [0.15, 0.2) is 42.6 Å². The third kappa shape index (κ3) is 3.67. The van der Waals surface area contributed by atoms with Crippen LogP contribution >= 0.6 is 0 Å².